The number of ether oxygens (including phenoxy) is 1. The Kier molecular flexibility index (Phi) is 4.22. The van der Waals surface area contributed by atoms with Gasteiger partial charge >= 0.3 is 5.97 Å². The van der Waals surface area contributed by atoms with E-state index in [-0.39, 0.29) is 10.5 Å². The Morgan fingerprint density at radius 2 is 1.59 bits per heavy atom. The van der Waals surface area contributed by atoms with Gasteiger partial charge in [-0.2, -0.15) is 0 Å². The van der Waals surface area contributed by atoms with Gasteiger partial charge in [0, 0.05) is 21.2 Å². The Bertz CT molecular complexity index is 1190. The number of benzene rings is 3. The molecular weight excluding hydrogens is 352 g/mol. The summed E-state index contributed by atoms with van der Waals surface area (Å²) in [5.74, 6) is 2.10. The number of carbonyl (C=O) groups is 1. The molecule has 3 aromatic carbocycles. The van der Waals surface area contributed by atoms with Gasteiger partial charge in [-0.3, -0.25) is 0 Å². The molecule has 0 radical (unpaired) electrons. The van der Waals surface area contributed by atoms with Crippen LogP contribution in [0.4, 0.5) is 0 Å². The van der Waals surface area contributed by atoms with Crippen molar-refractivity contribution in [3.8, 4) is 17.2 Å². The van der Waals surface area contributed by atoms with Crippen molar-refractivity contribution >= 4 is 36.6 Å². The van der Waals surface area contributed by atoms with Gasteiger partial charge in [-0.25, -0.2) is 4.79 Å². The van der Waals surface area contributed by atoms with Gasteiger partial charge in [-0.1, -0.05) is 36.3 Å². The third-order valence-corrected chi connectivity index (χ3v) is 6.84. The maximum atomic E-state index is 12.6. The van der Waals surface area contributed by atoms with Crippen LogP contribution in [0, 0.1) is 12.3 Å². The van der Waals surface area contributed by atoms with E-state index in [0.29, 0.717) is 5.56 Å². The molecule has 0 spiro atoms. The molecule has 0 aliphatic heterocycles. The molecule has 0 aliphatic carbocycles. The van der Waals surface area contributed by atoms with E-state index in [9.17, 15) is 4.79 Å². The largest absolute Gasteiger partial charge is 0.443 e. The monoisotopic (exact) mass is 371 g/mol. The Morgan fingerprint density at radius 3 is 2.33 bits per heavy atom. The highest BCUT2D eigenvalue weighted by Crippen LogP contribution is 2.48. The zero-order valence-corrected chi connectivity index (χ0v) is 16.0. The van der Waals surface area contributed by atoms with Crippen LogP contribution in [-0.2, 0) is 4.74 Å². The predicted molar refractivity (Wildman–Crippen MR) is 114 cm³/mol. The van der Waals surface area contributed by atoms with Gasteiger partial charge in [0.25, 0.3) is 0 Å². The molecule has 0 saturated heterocycles. The van der Waals surface area contributed by atoms with Crippen LogP contribution < -0.4 is 0 Å². The minimum Gasteiger partial charge on any atom is -0.443 e. The van der Waals surface area contributed by atoms with Crippen molar-refractivity contribution < 1.29 is 9.53 Å². The van der Waals surface area contributed by atoms with Gasteiger partial charge < -0.3 is 4.74 Å². The van der Waals surface area contributed by atoms with Crippen molar-refractivity contribution in [3.05, 3.63) is 78.4 Å². The number of esters is 1. The fourth-order valence-electron chi connectivity index (χ4n) is 3.16. The summed E-state index contributed by atoms with van der Waals surface area (Å²) in [5, 5.41) is 2.26. The van der Waals surface area contributed by atoms with Gasteiger partial charge in [0.2, 0.25) is 0 Å². The van der Waals surface area contributed by atoms with Crippen LogP contribution in [0.2, 0.25) is 0 Å². The molecule has 3 heteroatoms. The summed E-state index contributed by atoms with van der Waals surface area (Å²) < 4.78 is 7.98. The van der Waals surface area contributed by atoms with E-state index < -0.39 is 11.6 Å². The lowest BCUT2D eigenvalue weighted by atomic mass is 10.1. The van der Waals surface area contributed by atoms with E-state index >= 15 is 0 Å². The number of fused-ring (bicyclic) bond motifs is 3. The summed E-state index contributed by atoms with van der Waals surface area (Å²) in [6.45, 7) is 3.42. The van der Waals surface area contributed by atoms with Crippen LogP contribution in [0.5, 0.6) is 0 Å². The van der Waals surface area contributed by atoms with E-state index in [0.717, 1.165) is 5.39 Å². The van der Waals surface area contributed by atoms with Crippen molar-refractivity contribution in [2.24, 2.45) is 0 Å². The Balaban J connectivity index is 1.92. The number of terminal acetylenes is 1. The van der Waals surface area contributed by atoms with Gasteiger partial charge in [-0.05, 0) is 56.3 Å². The molecular formula is C24H19O2S+. The molecule has 4 aromatic rings. The molecule has 1 aromatic heterocycles. The van der Waals surface area contributed by atoms with Crippen molar-refractivity contribution in [2.45, 2.75) is 19.4 Å². The van der Waals surface area contributed by atoms with E-state index in [4.69, 9.17) is 11.2 Å². The lowest BCUT2D eigenvalue weighted by molar-refractivity contribution is 0.0205. The van der Waals surface area contributed by atoms with E-state index in [2.05, 4.69) is 48.4 Å². The molecule has 0 aliphatic rings. The standard InChI is InChI=1S/C24H19O2S/c1-4-24(2,3)26-23(25)17-14-15-22-20(16-17)19-12-8-9-13-21(19)27(22)18-10-6-5-7-11-18/h1,5-16H,2-3H3/q+1. The summed E-state index contributed by atoms with van der Waals surface area (Å²) in [6.07, 6.45) is 5.44. The topological polar surface area (TPSA) is 26.3 Å². The summed E-state index contributed by atoms with van der Waals surface area (Å²) in [4.78, 5) is 13.8. The number of hydrogen-bond donors (Lipinski definition) is 0. The molecule has 1 unspecified atom stereocenters. The Morgan fingerprint density at radius 1 is 0.926 bits per heavy atom. The van der Waals surface area contributed by atoms with Crippen molar-refractivity contribution in [1.82, 2.24) is 0 Å². The highest BCUT2D eigenvalue weighted by atomic mass is 32.2. The van der Waals surface area contributed by atoms with Crippen LogP contribution in [0.25, 0.3) is 25.1 Å². The number of hydrogen-bond acceptors (Lipinski definition) is 2. The van der Waals surface area contributed by atoms with Crippen molar-refractivity contribution in [3.63, 3.8) is 0 Å². The third kappa shape index (κ3) is 3.09. The molecule has 0 fully saturated rings. The first-order chi connectivity index (χ1) is 13.0. The van der Waals surface area contributed by atoms with Crippen molar-refractivity contribution in [1.29, 1.82) is 0 Å². The maximum Gasteiger partial charge on any atom is 0.339 e. The van der Waals surface area contributed by atoms with E-state index in [1.165, 1.54) is 19.7 Å². The number of thiophene rings is 1. The second kappa shape index (κ2) is 6.57. The van der Waals surface area contributed by atoms with Gasteiger partial charge in [0.1, 0.15) is 0 Å². The first-order valence-electron chi connectivity index (χ1n) is 8.74. The van der Waals surface area contributed by atoms with E-state index in [1.54, 1.807) is 13.8 Å². The molecule has 1 heterocycles. The average Bonchev–Trinajstić information content (AvgIpc) is 3.02. The van der Waals surface area contributed by atoms with Crippen LogP contribution in [0.1, 0.15) is 24.2 Å². The van der Waals surface area contributed by atoms with Gasteiger partial charge in [0.05, 0.1) is 5.56 Å². The van der Waals surface area contributed by atoms with Crippen LogP contribution in [0.15, 0.2) is 72.8 Å². The average molecular weight is 371 g/mol. The van der Waals surface area contributed by atoms with Gasteiger partial charge in [-0.15, -0.1) is 6.42 Å². The SMILES string of the molecule is C#CC(C)(C)OC(=O)c1ccc2c(c1)c1ccccc1[s+]2-c1ccccc1. The Hall–Kier alpha value is -3.09. The van der Waals surface area contributed by atoms with Crippen LogP contribution in [0.3, 0.4) is 0 Å². The lowest BCUT2D eigenvalue weighted by Gasteiger charge is -2.18. The molecule has 0 amide bonds. The van der Waals surface area contributed by atoms with Gasteiger partial charge in [0.15, 0.2) is 19.9 Å². The molecule has 132 valence electrons. The zero-order chi connectivity index (χ0) is 19.0. The fraction of sp³-hybridized carbons (Fsp3) is 0.125. The molecule has 27 heavy (non-hydrogen) atoms. The lowest BCUT2D eigenvalue weighted by Crippen LogP contribution is -2.25. The minimum absolute atomic E-state index is 0.167. The molecule has 0 N–H and O–H groups in total. The second-order valence-electron chi connectivity index (χ2n) is 6.87. The number of carbonyl (C=O) groups excluding carboxylic acids is 1. The summed E-state index contributed by atoms with van der Waals surface area (Å²) in [5.41, 5.74) is -0.409. The number of rotatable bonds is 3. The molecule has 0 saturated carbocycles. The summed E-state index contributed by atoms with van der Waals surface area (Å²) >= 11 is 0. The third-order valence-electron chi connectivity index (χ3n) is 4.51. The first kappa shape index (κ1) is 17.3. The minimum atomic E-state index is -0.928. The fourth-order valence-corrected chi connectivity index (χ4v) is 5.54. The summed E-state index contributed by atoms with van der Waals surface area (Å²) in [6, 6.07) is 24.7. The highest BCUT2D eigenvalue weighted by molar-refractivity contribution is 7.50. The predicted octanol–water partition coefficient (Wildman–Crippen LogP) is 6.30. The summed E-state index contributed by atoms with van der Waals surface area (Å²) in [7, 11) is -0.167. The Labute approximate surface area is 161 Å². The van der Waals surface area contributed by atoms with Crippen LogP contribution in [-0.4, -0.2) is 11.6 Å². The molecule has 1 atom stereocenters. The normalized spacial score (nSPS) is 12.1. The molecule has 0 bridgehead atoms. The first-order valence-corrected chi connectivity index (χ1v) is 9.96. The molecule has 4 rings (SSSR count). The van der Waals surface area contributed by atoms with E-state index in [1.807, 2.05) is 30.3 Å². The maximum absolute atomic E-state index is 12.6. The van der Waals surface area contributed by atoms with Crippen LogP contribution >= 0.6 is 10.5 Å². The quantitative estimate of drug-likeness (QED) is 0.240. The molecule has 2 nitrogen and oxygen atoms in total. The second-order valence-corrected chi connectivity index (χ2v) is 8.83. The smallest absolute Gasteiger partial charge is 0.339 e. The zero-order valence-electron chi connectivity index (χ0n) is 15.2. The highest BCUT2D eigenvalue weighted by Gasteiger charge is 2.26. The van der Waals surface area contributed by atoms with Crippen molar-refractivity contribution in [2.75, 3.05) is 0 Å².